The van der Waals surface area contributed by atoms with Crippen molar-refractivity contribution in [1.29, 1.82) is 0 Å². The van der Waals surface area contributed by atoms with E-state index in [1.807, 2.05) is 30.3 Å². The van der Waals surface area contributed by atoms with Crippen LogP contribution in [0.2, 0.25) is 0 Å². The highest BCUT2D eigenvalue weighted by Crippen LogP contribution is 2.37. The van der Waals surface area contributed by atoms with Crippen LogP contribution >= 0.6 is 15.9 Å². The van der Waals surface area contributed by atoms with Crippen LogP contribution in [0.3, 0.4) is 0 Å². The molecule has 0 atom stereocenters. The summed E-state index contributed by atoms with van der Waals surface area (Å²) >= 11 is 3.51. The molecule has 0 aromatic heterocycles. The summed E-state index contributed by atoms with van der Waals surface area (Å²) in [6, 6.07) is 25.7. The number of halogens is 1. The lowest BCUT2D eigenvalue weighted by Crippen LogP contribution is -2.39. The lowest BCUT2D eigenvalue weighted by molar-refractivity contribution is -0.119. The smallest absolute Gasteiger partial charge is 0.264 e. The van der Waals surface area contributed by atoms with E-state index in [0.29, 0.717) is 39.6 Å². The number of carbonyl (C=O) groups excluding carboxylic acids is 1. The van der Waals surface area contributed by atoms with Crippen LogP contribution in [-0.4, -0.2) is 48.4 Å². The molecule has 4 aromatic rings. The molecular weight excluding hydrogens is 638 g/mol. The molecule has 0 fully saturated rings. The second-order valence-corrected chi connectivity index (χ2v) is 11.7. The number of hydrogen-bond donors (Lipinski definition) is 1. The van der Waals surface area contributed by atoms with Crippen LogP contribution in [-0.2, 0) is 21.4 Å². The molecule has 12 heteroatoms. The zero-order valence-corrected chi connectivity index (χ0v) is 26.1. The van der Waals surface area contributed by atoms with Crippen LogP contribution in [0.25, 0.3) is 0 Å². The number of carbonyl (C=O) groups is 1. The molecule has 0 radical (unpaired) electrons. The molecule has 0 bridgehead atoms. The van der Waals surface area contributed by atoms with Gasteiger partial charge in [0.1, 0.15) is 13.2 Å². The molecule has 43 heavy (non-hydrogen) atoms. The van der Waals surface area contributed by atoms with Crippen molar-refractivity contribution in [2.24, 2.45) is 5.10 Å². The van der Waals surface area contributed by atoms with Crippen molar-refractivity contribution in [2.45, 2.75) is 11.5 Å². The molecule has 0 saturated heterocycles. The topological polar surface area (TPSA) is 116 Å². The lowest BCUT2D eigenvalue weighted by Gasteiger charge is -2.24. The van der Waals surface area contributed by atoms with E-state index >= 15 is 0 Å². The van der Waals surface area contributed by atoms with E-state index < -0.39 is 22.5 Å². The van der Waals surface area contributed by atoms with Gasteiger partial charge in [0.15, 0.2) is 23.0 Å². The number of para-hydroxylation sites is 1. The molecule has 0 heterocycles. The third-order valence-electron chi connectivity index (χ3n) is 6.16. The highest BCUT2D eigenvalue weighted by atomic mass is 79.9. The standard InChI is InChI=1S/C31H30BrN3O7S/c1-39-27-15-14-25(18-28(27)40-2)43(37,38)35(24-12-8-5-9-13-24)20-30(36)34-33-19-23-16-26(32)31(29(17-23)41-3)42-21-22-10-6-4-7-11-22/h4-19H,20-21H2,1-3H3,(H,34,36)/b33-19-. The fourth-order valence-electron chi connectivity index (χ4n) is 4.04. The van der Waals surface area contributed by atoms with Gasteiger partial charge in [0.05, 0.1) is 42.6 Å². The number of methoxy groups -OCH3 is 3. The van der Waals surface area contributed by atoms with Gasteiger partial charge in [-0.3, -0.25) is 9.10 Å². The van der Waals surface area contributed by atoms with Gasteiger partial charge in [0, 0.05) is 6.07 Å². The van der Waals surface area contributed by atoms with Crippen molar-refractivity contribution < 1.29 is 32.2 Å². The Morgan fingerprint density at radius 1 is 0.860 bits per heavy atom. The van der Waals surface area contributed by atoms with E-state index in [1.54, 1.807) is 42.5 Å². The van der Waals surface area contributed by atoms with Crippen molar-refractivity contribution >= 4 is 43.8 Å². The predicted octanol–water partition coefficient (Wildman–Crippen LogP) is 5.40. The van der Waals surface area contributed by atoms with Crippen LogP contribution in [0, 0.1) is 0 Å². The maximum absolute atomic E-state index is 13.7. The summed E-state index contributed by atoms with van der Waals surface area (Å²) in [4.78, 5) is 12.9. The van der Waals surface area contributed by atoms with Gasteiger partial charge in [-0.2, -0.15) is 5.10 Å². The Morgan fingerprint density at radius 2 is 1.51 bits per heavy atom. The second-order valence-electron chi connectivity index (χ2n) is 8.97. The average molecular weight is 669 g/mol. The van der Waals surface area contributed by atoms with Crippen molar-refractivity contribution in [2.75, 3.05) is 32.2 Å². The Balaban J connectivity index is 1.50. The average Bonchev–Trinajstić information content (AvgIpc) is 3.03. The number of nitrogens with zero attached hydrogens (tertiary/aromatic N) is 2. The summed E-state index contributed by atoms with van der Waals surface area (Å²) in [5.41, 5.74) is 4.32. The normalized spacial score (nSPS) is 11.2. The molecule has 1 N–H and O–H groups in total. The van der Waals surface area contributed by atoms with Crippen molar-refractivity contribution in [1.82, 2.24) is 5.43 Å². The van der Waals surface area contributed by atoms with E-state index in [0.717, 1.165) is 9.87 Å². The number of hydrazone groups is 1. The first-order chi connectivity index (χ1) is 20.8. The summed E-state index contributed by atoms with van der Waals surface area (Å²) < 4.78 is 51.0. The van der Waals surface area contributed by atoms with Gasteiger partial charge in [0.2, 0.25) is 0 Å². The number of benzene rings is 4. The molecule has 0 aliphatic rings. The minimum absolute atomic E-state index is 0.0724. The number of nitrogens with one attached hydrogen (secondary N) is 1. The Labute approximate surface area is 259 Å². The molecule has 0 aliphatic heterocycles. The first kappa shape index (κ1) is 31.4. The van der Waals surface area contributed by atoms with Crippen molar-refractivity contribution in [3.05, 3.63) is 107 Å². The Morgan fingerprint density at radius 3 is 2.16 bits per heavy atom. The zero-order valence-electron chi connectivity index (χ0n) is 23.7. The molecule has 1 amide bonds. The van der Waals surface area contributed by atoms with Gasteiger partial charge >= 0.3 is 0 Å². The Bertz CT molecular complexity index is 1680. The van der Waals surface area contributed by atoms with E-state index in [-0.39, 0.29) is 10.6 Å². The van der Waals surface area contributed by atoms with E-state index in [2.05, 4.69) is 26.5 Å². The van der Waals surface area contributed by atoms with Gasteiger partial charge in [-0.15, -0.1) is 0 Å². The molecule has 0 unspecified atom stereocenters. The van der Waals surface area contributed by atoms with Crippen LogP contribution in [0.5, 0.6) is 23.0 Å². The van der Waals surface area contributed by atoms with E-state index in [9.17, 15) is 13.2 Å². The Kier molecular flexibility index (Phi) is 10.6. The predicted molar refractivity (Wildman–Crippen MR) is 168 cm³/mol. The summed E-state index contributed by atoms with van der Waals surface area (Å²) in [5, 5.41) is 4.03. The van der Waals surface area contributed by atoms with Gasteiger partial charge in [-0.1, -0.05) is 48.5 Å². The summed E-state index contributed by atoms with van der Waals surface area (Å²) in [6.45, 7) is -0.180. The molecule has 0 saturated carbocycles. The Hall–Kier alpha value is -4.55. The monoisotopic (exact) mass is 667 g/mol. The summed E-state index contributed by atoms with van der Waals surface area (Å²) in [6.07, 6.45) is 1.42. The van der Waals surface area contributed by atoms with Crippen LogP contribution in [0.1, 0.15) is 11.1 Å². The molecule has 224 valence electrons. The van der Waals surface area contributed by atoms with Gasteiger partial charge in [-0.25, -0.2) is 13.8 Å². The molecule has 4 rings (SSSR count). The van der Waals surface area contributed by atoms with Gasteiger partial charge < -0.3 is 18.9 Å². The molecule has 0 aliphatic carbocycles. The second kappa shape index (κ2) is 14.6. The first-order valence-electron chi connectivity index (χ1n) is 12.9. The third-order valence-corrected chi connectivity index (χ3v) is 8.51. The molecule has 4 aromatic carbocycles. The SMILES string of the molecule is COc1ccc(S(=O)(=O)N(CC(=O)N/N=C\c2cc(Br)c(OCc3ccccc3)c(OC)c2)c2ccccc2)cc1OC. The molecule has 10 nitrogen and oxygen atoms in total. The maximum atomic E-state index is 13.7. The fourth-order valence-corrected chi connectivity index (χ4v) is 6.05. The lowest BCUT2D eigenvalue weighted by atomic mass is 10.2. The number of amides is 1. The molecular formula is C31H30BrN3O7S. The fraction of sp³-hybridized carbons (Fsp3) is 0.161. The number of anilines is 1. The van der Waals surface area contributed by atoms with E-state index in [4.69, 9.17) is 18.9 Å². The number of hydrogen-bond acceptors (Lipinski definition) is 8. The third kappa shape index (κ3) is 7.85. The highest BCUT2D eigenvalue weighted by Gasteiger charge is 2.28. The minimum atomic E-state index is -4.18. The van der Waals surface area contributed by atoms with Crippen LogP contribution < -0.4 is 28.7 Å². The largest absolute Gasteiger partial charge is 0.493 e. The minimum Gasteiger partial charge on any atom is -0.493 e. The van der Waals surface area contributed by atoms with Crippen molar-refractivity contribution in [3.63, 3.8) is 0 Å². The maximum Gasteiger partial charge on any atom is 0.264 e. The van der Waals surface area contributed by atoms with Gasteiger partial charge in [0.25, 0.3) is 15.9 Å². The van der Waals surface area contributed by atoms with Gasteiger partial charge in [-0.05, 0) is 63.5 Å². The molecule has 0 spiro atoms. The number of ether oxygens (including phenoxy) is 4. The summed E-state index contributed by atoms with van der Waals surface area (Å²) in [7, 11) is 0.209. The highest BCUT2D eigenvalue weighted by molar-refractivity contribution is 9.10. The van der Waals surface area contributed by atoms with Crippen LogP contribution in [0.15, 0.2) is 105 Å². The first-order valence-corrected chi connectivity index (χ1v) is 15.2. The summed E-state index contributed by atoms with van der Waals surface area (Å²) in [5.74, 6) is 0.946. The quantitative estimate of drug-likeness (QED) is 0.150. The van der Waals surface area contributed by atoms with Crippen molar-refractivity contribution in [3.8, 4) is 23.0 Å². The van der Waals surface area contributed by atoms with Crippen LogP contribution in [0.4, 0.5) is 5.69 Å². The zero-order chi connectivity index (χ0) is 30.8. The van der Waals surface area contributed by atoms with E-state index in [1.165, 1.54) is 45.7 Å². The number of rotatable bonds is 13. The number of sulfonamides is 1.